The molecule has 0 spiro atoms. The van der Waals surface area contributed by atoms with Gasteiger partial charge in [-0.1, -0.05) is 17.7 Å². The molecular formula is C16H24N2O2. The van der Waals surface area contributed by atoms with Crippen LogP contribution in [0.25, 0.3) is 0 Å². The highest BCUT2D eigenvalue weighted by Crippen LogP contribution is 2.19. The van der Waals surface area contributed by atoms with Crippen LogP contribution in [0.3, 0.4) is 0 Å². The predicted molar refractivity (Wildman–Crippen MR) is 80.1 cm³/mol. The first kappa shape index (κ1) is 15.0. The van der Waals surface area contributed by atoms with E-state index in [0.29, 0.717) is 6.54 Å². The summed E-state index contributed by atoms with van der Waals surface area (Å²) in [6.07, 6.45) is 0. The number of hydrogen-bond donors (Lipinski definition) is 1. The summed E-state index contributed by atoms with van der Waals surface area (Å²) >= 11 is 0. The number of aryl methyl sites for hydroxylation is 3. The number of amides is 1. The smallest absolute Gasteiger partial charge is 0.254 e. The van der Waals surface area contributed by atoms with Crippen LogP contribution in [-0.2, 0) is 0 Å². The Balaban J connectivity index is 2.10. The quantitative estimate of drug-likeness (QED) is 0.906. The van der Waals surface area contributed by atoms with Gasteiger partial charge in [0.1, 0.15) is 0 Å². The van der Waals surface area contributed by atoms with E-state index in [1.807, 2.05) is 18.7 Å². The second-order valence-corrected chi connectivity index (χ2v) is 5.63. The van der Waals surface area contributed by atoms with Gasteiger partial charge in [-0.05, 0) is 31.9 Å². The van der Waals surface area contributed by atoms with Gasteiger partial charge in [0.25, 0.3) is 5.91 Å². The molecule has 1 fully saturated rings. The van der Waals surface area contributed by atoms with Crippen molar-refractivity contribution in [2.75, 3.05) is 39.3 Å². The van der Waals surface area contributed by atoms with Gasteiger partial charge in [-0.2, -0.15) is 0 Å². The molecule has 1 saturated heterocycles. The van der Waals surface area contributed by atoms with Crippen molar-refractivity contribution in [2.45, 2.75) is 20.8 Å². The Bertz CT molecular complexity index is 468. The zero-order valence-corrected chi connectivity index (χ0v) is 12.6. The highest BCUT2D eigenvalue weighted by Gasteiger charge is 2.24. The van der Waals surface area contributed by atoms with Crippen LogP contribution in [0.2, 0.25) is 0 Å². The van der Waals surface area contributed by atoms with Gasteiger partial charge >= 0.3 is 0 Å². The lowest BCUT2D eigenvalue weighted by molar-refractivity contribution is 0.0613. The summed E-state index contributed by atoms with van der Waals surface area (Å²) in [6.45, 7) is 10.1. The topological polar surface area (TPSA) is 43.8 Å². The van der Waals surface area contributed by atoms with Gasteiger partial charge < -0.3 is 10.0 Å². The summed E-state index contributed by atoms with van der Waals surface area (Å²) in [4.78, 5) is 16.8. The van der Waals surface area contributed by atoms with Crippen molar-refractivity contribution < 1.29 is 9.90 Å². The number of benzene rings is 1. The molecule has 1 heterocycles. The number of rotatable bonds is 3. The first-order valence-electron chi connectivity index (χ1n) is 7.23. The number of β-amino-alcohol motifs (C(OH)–C–C–N with tert-alkyl or cyclic N) is 1. The maximum absolute atomic E-state index is 12.7. The lowest BCUT2D eigenvalue weighted by atomic mass is 9.98. The first-order valence-corrected chi connectivity index (χ1v) is 7.23. The zero-order chi connectivity index (χ0) is 14.7. The van der Waals surface area contributed by atoms with Crippen molar-refractivity contribution in [3.63, 3.8) is 0 Å². The highest BCUT2D eigenvalue weighted by atomic mass is 16.3. The Kier molecular flexibility index (Phi) is 4.78. The van der Waals surface area contributed by atoms with Gasteiger partial charge in [-0.3, -0.25) is 9.69 Å². The van der Waals surface area contributed by atoms with Gasteiger partial charge in [-0.15, -0.1) is 0 Å². The molecule has 0 aromatic heterocycles. The molecule has 1 aromatic carbocycles. The SMILES string of the molecule is Cc1cc(C)c(C(=O)N2CCN(CCO)CC2)c(C)c1. The van der Waals surface area contributed by atoms with Crippen LogP contribution in [-0.4, -0.2) is 60.1 Å². The molecule has 1 aromatic rings. The summed E-state index contributed by atoms with van der Waals surface area (Å²) in [7, 11) is 0. The van der Waals surface area contributed by atoms with E-state index < -0.39 is 0 Å². The van der Waals surface area contributed by atoms with Crippen LogP contribution in [0.15, 0.2) is 12.1 Å². The predicted octanol–water partition coefficient (Wildman–Crippen LogP) is 1.36. The van der Waals surface area contributed by atoms with Gasteiger partial charge in [0.15, 0.2) is 0 Å². The van der Waals surface area contributed by atoms with Gasteiger partial charge in [-0.25, -0.2) is 0 Å². The number of aliphatic hydroxyl groups excluding tert-OH is 1. The molecule has 20 heavy (non-hydrogen) atoms. The van der Waals surface area contributed by atoms with Gasteiger partial charge in [0, 0.05) is 38.3 Å². The van der Waals surface area contributed by atoms with Crippen molar-refractivity contribution in [3.8, 4) is 0 Å². The molecule has 2 rings (SSSR count). The fourth-order valence-corrected chi connectivity index (χ4v) is 2.99. The summed E-state index contributed by atoms with van der Waals surface area (Å²) in [6, 6.07) is 4.14. The Labute approximate surface area is 121 Å². The molecule has 1 amide bonds. The normalized spacial score (nSPS) is 16.5. The van der Waals surface area contributed by atoms with Crippen molar-refractivity contribution >= 4 is 5.91 Å². The molecule has 1 aliphatic rings. The molecule has 0 atom stereocenters. The van der Waals surface area contributed by atoms with E-state index in [9.17, 15) is 4.79 Å². The van der Waals surface area contributed by atoms with Crippen LogP contribution in [0.1, 0.15) is 27.0 Å². The van der Waals surface area contributed by atoms with Crippen molar-refractivity contribution in [2.24, 2.45) is 0 Å². The van der Waals surface area contributed by atoms with Crippen molar-refractivity contribution in [1.29, 1.82) is 0 Å². The van der Waals surface area contributed by atoms with E-state index in [1.165, 1.54) is 5.56 Å². The lowest BCUT2D eigenvalue weighted by Crippen LogP contribution is -2.49. The average Bonchev–Trinajstić information content (AvgIpc) is 2.38. The zero-order valence-electron chi connectivity index (χ0n) is 12.6. The molecule has 0 radical (unpaired) electrons. The molecule has 4 nitrogen and oxygen atoms in total. The van der Waals surface area contributed by atoms with E-state index in [4.69, 9.17) is 5.11 Å². The van der Waals surface area contributed by atoms with Gasteiger partial charge in [0.05, 0.1) is 6.61 Å². The first-order chi connectivity index (χ1) is 9.52. The molecule has 0 bridgehead atoms. The van der Waals surface area contributed by atoms with Crippen molar-refractivity contribution in [3.05, 3.63) is 34.4 Å². The summed E-state index contributed by atoms with van der Waals surface area (Å²) < 4.78 is 0. The molecule has 110 valence electrons. The maximum atomic E-state index is 12.7. The molecule has 1 N–H and O–H groups in total. The van der Waals surface area contributed by atoms with Crippen LogP contribution in [0.4, 0.5) is 0 Å². The molecular weight excluding hydrogens is 252 g/mol. The Hall–Kier alpha value is -1.39. The van der Waals surface area contributed by atoms with E-state index in [-0.39, 0.29) is 12.5 Å². The molecule has 0 unspecified atom stereocenters. The van der Waals surface area contributed by atoms with Crippen LogP contribution in [0.5, 0.6) is 0 Å². The van der Waals surface area contributed by atoms with Crippen LogP contribution >= 0.6 is 0 Å². The van der Waals surface area contributed by atoms with Crippen LogP contribution < -0.4 is 0 Å². The summed E-state index contributed by atoms with van der Waals surface area (Å²) in [5.41, 5.74) is 4.17. The van der Waals surface area contributed by atoms with E-state index in [2.05, 4.69) is 24.0 Å². The monoisotopic (exact) mass is 276 g/mol. The van der Waals surface area contributed by atoms with Crippen LogP contribution in [0, 0.1) is 20.8 Å². The number of carbonyl (C=O) groups excluding carboxylic acids is 1. The summed E-state index contributed by atoms with van der Waals surface area (Å²) in [5, 5.41) is 8.95. The Morgan fingerprint density at radius 2 is 1.65 bits per heavy atom. The Morgan fingerprint density at radius 3 is 2.15 bits per heavy atom. The van der Waals surface area contributed by atoms with E-state index in [1.54, 1.807) is 0 Å². The standard InChI is InChI=1S/C16H24N2O2/c1-12-10-13(2)15(14(3)11-12)16(20)18-6-4-17(5-7-18)8-9-19/h10-11,19H,4-9H2,1-3H3. The minimum absolute atomic E-state index is 0.142. The van der Waals surface area contributed by atoms with E-state index >= 15 is 0 Å². The number of piperazine rings is 1. The number of nitrogens with zero attached hydrogens (tertiary/aromatic N) is 2. The third-order valence-corrected chi connectivity index (χ3v) is 3.97. The van der Waals surface area contributed by atoms with Gasteiger partial charge in [0.2, 0.25) is 0 Å². The second-order valence-electron chi connectivity index (χ2n) is 5.63. The minimum Gasteiger partial charge on any atom is -0.395 e. The largest absolute Gasteiger partial charge is 0.395 e. The Morgan fingerprint density at radius 1 is 1.10 bits per heavy atom. The third-order valence-electron chi connectivity index (χ3n) is 3.97. The number of carbonyl (C=O) groups is 1. The maximum Gasteiger partial charge on any atom is 0.254 e. The highest BCUT2D eigenvalue weighted by molar-refractivity contribution is 5.97. The molecule has 4 heteroatoms. The summed E-state index contributed by atoms with van der Waals surface area (Å²) in [5.74, 6) is 0.142. The molecule has 0 saturated carbocycles. The van der Waals surface area contributed by atoms with Crippen molar-refractivity contribution in [1.82, 2.24) is 9.80 Å². The number of aliphatic hydroxyl groups is 1. The fraction of sp³-hybridized carbons (Fsp3) is 0.562. The third kappa shape index (κ3) is 3.19. The fourth-order valence-electron chi connectivity index (χ4n) is 2.99. The minimum atomic E-state index is 0.142. The average molecular weight is 276 g/mol. The second kappa shape index (κ2) is 6.37. The number of hydrogen-bond acceptors (Lipinski definition) is 3. The lowest BCUT2D eigenvalue weighted by Gasteiger charge is -2.35. The molecule has 1 aliphatic heterocycles. The molecule has 0 aliphatic carbocycles. The van der Waals surface area contributed by atoms with E-state index in [0.717, 1.165) is 42.9 Å².